The van der Waals surface area contributed by atoms with Crippen molar-refractivity contribution in [2.45, 2.75) is 23.8 Å². The van der Waals surface area contributed by atoms with Gasteiger partial charge in [0.15, 0.2) is 0 Å². The van der Waals surface area contributed by atoms with Crippen LogP contribution in [0.5, 0.6) is 0 Å². The first-order chi connectivity index (χ1) is 3.06. The van der Waals surface area contributed by atoms with Crippen LogP contribution in [0.2, 0.25) is 0 Å². The summed E-state index contributed by atoms with van der Waals surface area (Å²) in [7, 11) is 0. The lowest BCUT2D eigenvalue weighted by molar-refractivity contribution is 0.386. The van der Waals surface area contributed by atoms with Crippen molar-refractivity contribution in [1.82, 2.24) is 0 Å². The first-order valence-electron chi connectivity index (χ1n) is 2.13. The number of rotatable bonds is 2. The average Bonchev–Trinajstić information content (AvgIpc) is 1.30. The van der Waals surface area contributed by atoms with Gasteiger partial charge < -0.3 is 0 Å². The minimum Gasteiger partial charge on any atom is -0.213 e. The maximum absolute atomic E-state index is 12.1. The molecular weight excluding hydrogens is 182 g/mol. The Balaban J connectivity index is 3.15. The molecule has 0 radical (unpaired) electrons. The van der Waals surface area contributed by atoms with E-state index in [9.17, 15) is 4.39 Å². The van der Waals surface area contributed by atoms with Crippen LogP contribution in [0.3, 0.4) is 0 Å². The van der Waals surface area contributed by atoms with Gasteiger partial charge in [-0.15, -0.1) is 0 Å². The zero-order chi connectivity index (χ0) is 5.91. The molecule has 0 saturated heterocycles. The molecule has 0 spiro atoms. The first kappa shape index (κ1) is 7.70. The van der Waals surface area contributed by atoms with Crippen molar-refractivity contribution in [1.29, 1.82) is 0 Å². The molecule has 3 heteroatoms. The van der Waals surface area contributed by atoms with Crippen molar-refractivity contribution in [3.8, 4) is 0 Å². The zero-order valence-electron chi connectivity index (χ0n) is 4.05. The third kappa shape index (κ3) is 6.70. The Morgan fingerprint density at radius 2 is 2.29 bits per heavy atom. The number of hydrogen-bond donors (Lipinski definition) is 0. The second kappa shape index (κ2) is 2.88. The summed E-state index contributed by atoms with van der Waals surface area (Å²) >= 11 is 7.72. The van der Waals surface area contributed by atoms with Crippen LogP contribution in [0.15, 0.2) is 0 Å². The Morgan fingerprint density at radius 3 is 2.29 bits per heavy atom. The van der Waals surface area contributed by atoms with E-state index in [2.05, 4.69) is 15.9 Å². The van der Waals surface area contributed by atoms with Crippen molar-refractivity contribution in [3.63, 3.8) is 0 Å². The second-order valence-electron chi connectivity index (χ2n) is 1.37. The topological polar surface area (TPSA) is 0 Å². The molecule has 44 valence electrons. The van der Waals surface area contributed by atoms with E-state index >= 15 is 0 Å². The van der Waals surface area contributed by atoms with E-state index in [0.717, 1.165) is 6.42 Å². The van der Waals surface area contributed by atoms with Crippen molar-refractivity contribution in [2.75, 3.05) is 0 Å². The minimum absolute atomic E-state index is 0.356. The predicted molar refractivity (Wildman–Crippen MR) is 33.5 cm³/mol. The van der Waals surface area contributed by atoms with Gasteiger partial charge in [-0.2, -0.15) is 0 Å². The van der Waals surface area contributed by atoms with E-state index in [1.807, 2.05) is 6.92 Å². The summed E-state index contributed by atoms with van der Waals surface area (Å²) in [6.45, 7) is 1.87. The van der Waals surface area contributed by atoms with E-state index in [1.54, 1.807) is 0 Å². The number of halogens is 3. The monoisotopic (exact) mass is 188 g/mol. The fraction of sp³-hybridized carbons (Fsp3) is 1.00. The molecule has 0 fully saturated rings. The SMILES string of the molecule is CCCC(F)(Cl)Br. The highest BCUT2D eigenvalue weighted by Crippen LogP contribution is 2.29. The van der Waals surface area contributed by atoms with E-state index in [0.29, 0.717) is 6.42 Å². The lowest BCUT2D eigenvalue weighted by atomic mass is 10.4. The zero-order valence-corrected chi connectivity index (χ0v) is 6.39. The van der Waals surface area contributed by atoms with Gasteiger partial charge in [0, 0.05) is 6.42 Å². The van der Waals surface area contributed by atoms with Crippen LogP contribution < -0.4 is 0 Å². The Kier molecular flexibility index (Phi) is 3.16. The molecule has 7 heavy (non-hydrogen) atoms. The molecule has 1 atom stereocenters. The molecule has 0 bridgehead atoms. The van der Waals surface area contributed by atoms with E-state index in [4.69, 9.17) is 11.6 Å². The second-order valence-corrected chi connectivity index (χ2v) is 3.68. The molecule has 0 aliphatic carbocycles. The Labute approximate surface area is 56.2 Å². The van der Waals surface area contributed by atoms with Gasteiger partial charge in [0.2, 0.25) is 4.04 Å². The molecule has 0 heterocycles. The maximum Gasteiger partial charge on any atom is 0.237 e. The van der Waals surface area contributed by atoms with Gasteiger partial charge in [0.05, 0.1) is 0 Å². The third-order valence-corrected chi connectivity index (χ3v) is 1.12. The molecule has 0 aliphatic rings. The molecule has 0 nitrogen and oxygen atoms in total. The van der Waals surface area contributed by atoms with Crippen LogP contribution in [-0.4, -0.2) is 4.04 Å². The van der Waals surface area contributed by atoms with E-state index in [-0.39, 0.29) is 0 Å². The Hall–Kier alpha value is 0.700. The smallest absolute Gasteiger partial charge is 0.213 e. The summed E-state index contributed by atoms with van der Waals surface area (Å²) in [6.07, 6.45) is 1.11. The van der Waals surface area contributed by atoms with Gasteiger partial charge in [0.25, 0.3) is 0 Å². The molecule has 0 aromatic heterocycles. The maximum atomic E-state index is 12.1. The molecule has 0 saturated carbocycles. The van der Waals surface area contributed by atoms with Gasteiger partial charge in [0.1, 0.15) is 0 Å². The van der Waals surface area contributed by atoms with Gasteiger partial charge in [-0.25, -0.2) is 4.39 Å². The highest BCUT2D eigenvalue weighted by atomic mass is 79.9. The average molecular weight is 189 g/mol. The van der Waals surface area contributed by atoms with Gasteiger partial charge in [-0.1, -0.05) is 24.9 Å². The third-order valence-electron chi connectivity index (χ3n) is 0.533. The molecule has 0 amide bonds. The molecular formula is C4H7BrClF. The molecule has 0 aliphatic heterocycles. The molecule has 0 aromatic rings. The summed E-state index contributed by atoms with van der Waals surface area (Å²) in [5, 5.41) is 0. The summed E-state index contributed by atoms with van der Waals surface area (Å²) in [4.78, 5) is 0. The normalized spacial score (nSPS) is 18.9. The highest BCUT2D eigenvalue weighted by molar-refractivity contribution is 9.10. The first-order valence-corrected chi connectivity index (χ1v) is 3.30. The van der Waals surface area contributed by atoms with Crippen LogP contribution in [-0.2, 0) is 0 Å². The molecule has 0 rings (SSSR count). The lowest BCUT2D eigenvalue weighted by Gasteiger charge is -2.04. The summed E-state index contributed by atoms with van der Waals surface area (Å²) in [5.41, 5.74) is 0. The van der Waals surface area contributed by atoms with Crippen LogP contribution in [0.1, 0.15) is 19.8 Å². The fourth-order valence-electron chi connectivity index (χ4n) is 0.283. The van der Waals surface area contributed by atoms with E-state index in [1.165, 1.54) is 0 Å². The Morgan fingerprint density at radius 1 is 1.86 bits per heavy atom. The van der Waals surface area contributed by atoms with Crippen LogP contribution in [0.25, 0.3) is 0 Å². The Bertz CT molecular complexity index is 50.1. The summed E-state index contributed by atoms with van der Waals surface area (Å²) in [6, 6.07) is 0. The number of hydrogen-bond acceptors (Lipinski definition) is 0. The summed E-state index contributed by atoms with van der Waals surface area (Å²) in [5.74, 6) is 0. The predicted octanol–water partition coefficient (Wildman–Crippen LogP) is 3.04. The molecule has 0 aromatic carbocycles. The van der Waals surface area contributed by atoms with Gasteiger partial charge >= 0.3 is 0 Å². The number of alkyl halides is 3. The molecule has 1 unspecified atom stereocenters. The molecule has 0 N–H and O–H groups in total. The van der Waals surface area contributed by atoms with Crippen molar-refractivity contribution in [2.24, 2.45) is 0 Å². The lowest BCUT2D eigenvalue weighted by Crippen LogP contribution is -1.99. The van der Waals surface area contributed by atoms with E-state index < -0.39 is 4.04 Å². The van der Waals surface area contributed by atoms with Crippen molar-refractivity contribution in [3.05, 3.63) is 0 Å². The van der Waals surface area contributed by atoms with Crippen LogP contribution in [0, 0.1) is 0 Å². The fourth-order valence-corrected chi connectivity index (χ4v) is 0.869. The highest BCUT2D eigenvalue weighted by Gasteiger charge is 2.18. The standard InChI is InChI=1S/C4H7BrClF/c1-2-3-4(5,6)7/h2-3H2,1H3. The van der Waals surface area contributed by atoms with Crippen LogP contribution >= 0.6 is 27.5 Å². The summed E-state index contributed by atoms with van der Waals surface area (Å²) < 4.78 is 10.4. The van der Waals surface area contributed by atoms with Crippen molar-refractivity contribution >= 4 is 27.5 Å². The van der Waals surface area contributed by atoms with Crippen LogP contribution in [0.4, 0.5) is 4.39 Å². The largest absolute Gasteiger partial charge is 0.237 e. The quantitative estimate of drug-likeness (QED) is 0.586. The van der Waals surface area contributed by atoms with Gasteiger partial charge in [-0.3, -0.25) is 0 Å². The van der Waals surface area contributed by atoms with Crippen molar-refractivity contribution < 1.29 is 4.39 Å². The van der Waals surface area contributed by atoms with Gasteiger partial charge in [-0.05, 0) is 15.9 Å². The minimum atomic E-state index is -1.66.